The van der Waals surface area contributed by atoms with Crippen LogP contribution < -0.4 is 4.90 Å². The molecule has 0 bridgehead atoms. The number of anilines is 1. The molecule has 0 radical (unpaired) electrons. The summed E-state index contributed by atoms with van der Waals surface area (Å²) in [6, 6.07) is 5.93. The summed E-state index contributed by atoms with van der Waals surface area (Å²) in [6.45, 7) is 10.9. The number of hydrogen-bond donors (Lipinski definition) is 0. The first-order valence-electron chi connectivity index (χ1n) is 7.83. The topological polar surface area (TPSA) is 69.5 Å². The molecule has 23 heavy (non-hydrogen) atoms. The van der Waals surface area contributed by atoms with Gasteiger partial charge in [-0.2, -0.15) is 5.26 Å². The van der Waals surface area contributed by atoms with Gasteiger partial charge in [-0.3, -0.25) is 0 Å². The summed E-state index contributed by atoms with van der Waals surface area (Å²) in [7, 11) is 0. The van der Waals surface area contributed by atoms with Crippen molar-refractivity contribution >= 4 is 11.9 Å². The summed E-state index contributed by atoms with van der Waals surface area (Å²) >= 11 is 0. The summed E-state index contributed by atoms with van der Waals surface area (Å²) in [5, 5.41) is 8.87. The number of hydrogen-bond acceptors (Lipinski definition) is 5. The van der Waals surface area contributed by atoms with Crippen molar-refractivity contribution in [1.82, 2.24) is 9.88 Å². The van der Waals surface area contributed by atoms with E-state index in [-0.39, 0.29) is 18.2 Å². The highest BCUT2D eigenvalue weighted by molar-refractivity contribution is 5.69. The van der Waals surface area contributed by atoms with Crippen LogP contribution in [-0.4, -0.2) is 46.8 Å². The molecule has 0 aliphatic carbocycles. The molecule has 2 atom stereocenters. The number of rotatable bonds is 1. The third kappa shape index (κ3) is 4.13. The van der Waals surface area contributed by atoms with Crippen molar-refractivity contribution in [3.05, 3.63) is 23.9 Å². The van der Waals surface area contributed by atoms with Crippen molar-refractivity contribution in [2.75, 3.05) is 18.0 Å². The van der Waals surface area contributed by atoms with E-state index in [1.165, 1.54) is 0 Å². The van der Waals surface area contributed by atoms with E-state index in [0.717, 1.165) is 5.82 Å². The summed E-state index contributed by atoms with van der Waals surface area (Å²) < 4.78 is 5.46. The van der Waals surface area contributed by atoms with Gasteiger partial charge >= 0.3 is 6.09 Å². The Labute approximate surface area is 137 Å². The van der Waals surface area contributed by atoms with Crippen LogP contribution in [0.4, 0.5) is 10.6 Å². The fourth-order valence-corrected chi connectivity index (χ4v) is 2.85. The van der Waals surface area contributed by atoms with E-state index >= 15 is 0 Å². The Kier molecular flexibility index (Phi) is 4.79. The van der Waals surface area contributed by atoms with Crippen LogP contribution in [0.1, 0.15) is 40.2 Å². The third-order valence-corrected chi connectivity index (χ3v) is 3.71. The van der Waals surface area contributed by atoms with E-state index in [4.69, 9.17) is 10.00 Å². The van der Waals surface area contributed by atoms with Crippen LogP contribution in [0.2, 0.25) is 0 Å². The fourth-order valence-electron chi connectivity index (χ4n) is 2.85. The molecule has 1 aromatic heterocycles. The molecule has 2 rings (SSSR count). The van der Waals surface area contributed by atoms with Crippen LogP contribution in [0.15, 0.2) is 18.3 Å². The molecule has 124 valence electrons. The number of carbonyl (C=O) groups is 1. The lowest BCUT2D eigenvalue weighted by atomic mass is 10.1. The largest absolute Gasteiger partial charge is 0.444 e. The van der Waals surface area contributed by atoms with Gasteiger partial charge in [0.1, 0.15) is 17.5 Å². The predicted molar refractivity (Wildman–Crippen MR) is 88.2 cm³/mol. The van der Waals surface area contributed by atoms with E-state index < -0.39 is 5.60 Å². The van der Waals surface area contributed by atoms with E-state index in [1.807, 2.05) is 26.8 Å². The van der Waals surface area contributed by atoms with Crippen molar-refractivity contribution in [2.45, 2.75) is 52.3 Å². The minimum Gasteiger partial charge on any atom is -0.444 e. The number of ether oxygens (including phenoxy) is 1. The number of piperazine rings is 1. The van der Waals surface area contributed by atoms with Gasteiger partial charge in [-0.1, -0.05) is 0 Å². The lowest BCUT2D eigenvalue weighted by molar-refractivity contribution is 0.0192. The molecule has 6 heteroatoms. The zero-order valence-electron chi connectivity index (χ0n) is 14.4. The Hall–Kier alpha value is -2.29. The van der Waals surface area contributed by atoms with E-state index in [0.29, 0.717) is 18.7 Å². The van der Waals surface area contributed by atoms with Gasteiger partial charge in [-0.05, 0) is 46.8 Å². The maximum Gasteiger partial charge on any atom is 0.410 e. The number of nitriles is 1. The van der Waals surface area contributed by atoms with Gasteiger partial charge in [0.15, 0.2) is 0 Å². The molecule has 1 unspecified atom stereocenters. The number of aromatic nitrogens is 1. The monoisotopic (exact) mass is 316 g/mol. The molecule has 0 N–H and O–H groups in total. The maximum atomic E-state index is 12.3. The van der Waals surface area contributed by atoms with Crippen LogP contribution in [0, 0.1) is 11.3 Å². The van der Waals surface area contributed by atoms with Gasteiger partial charge in [0, 0.05) is 31.4 Å². The average molecular weight is 316 g/mol. The zero-order valence-corrected chi connectivity index (χ0v) is 14.4. The fraction of sp³-hybridized carbons (Fsp3) is 0.588. The first-order chi connectivity index (χ1) is 10.7. The number of pyridine rings is 1. The second-order valence-electron chi connectivity index (χ2n) is 7.01. The van der Waals surface area contributed by atoms with Crippen LogP contribution >= 0.6 is 0 Å². The molecule has 1 saturated heterocycles. The Bertz CT molecular complexity index is 589. The summed E-state index contributed by atoms with van der Waals surface area (Å²) in [6.07, 6.45) is 1.30. The number of carbonyl (C=O) groups excluding carboxylic acids is 1. The summed E-state index contributed by atoms with van der Waals surface area (Å²) in [5.74, 6) is 0.827. The summed E-state index contributed by atoms with van der Waals surface area (Å²) in [4.78, 5) is 20.6. The van der Waals surface area contributed by atoms with Crippen molar-refractivity contribution in [1.29, 1.82) is 5.26 Å². The highest BCUT2D eigenvalue weighted by Crippen LogP contribution is 2.24. The molecule has 6 nitrogen and oxygen atoms in total. The Morgan fingerprint density at radius 3 is 2.35 bits per heavy atom. The van der Waals surface area contributed by atoms with Gasteiger partial charge in [-0.25, -0.2) is 9.78 Å². The Morgan fingerprint density at radius 2 is 1.91 bits per heavy atom. The van der Waals surface area contributed by atoms with Crippen LogP contribution in [0.5, 0.6) is 0 Å². The second kappa shape index (κ2) is 6.45. The molecule has 1 aromatic rings. The molecule has 0 aromatic carbocycles. The molecule has 1 aliphatic rings. The highest BCUT2D eigenvalue weighted by Gasteiger charge is 2.34. The first kappa shape index (κ1) is 17.1. The SMILES string of the molecule is CC1CN(C(=O)OC(C)(C)C)C[C@H](C)N1c1ccc(C#N)cn1. The van der Waals surface area contributed by atoms with Gasteiger partial charge < -0.3 is 14.5 Å². The van der Waals surface area contributed by atoms with Crippen LogP contribution in [0.3, 0.4) is 0 Å². The molecule has 0 saturated carbocycles. The Morgan fingerprint density at radius 1 is 1.30 bits per heavy atom. The molecule has 2 heterocycles. The van der Waals surface area contributed by atoms with Gasteiger partial charge in [-0.15, -0.1) is 0 Å². The van der Waals surface area contributed by atoms with Gasteiger partial charge in [0.2, 0.25) is 0 Å². The van der Waals surface area contributed by atoms with Crippen LogP contribution in [0.25, 0.3) is 0 Å². The van der Waals surface area contributed by atoms with Crippen molar-refractivity contribution < 1.29 is 9.53 Å². The van der Waals surface area contributed by atoms with Crippen molar-refractivity contribution in [2.24, 2.45) is 0 Å². The Balaban J connectivity index is 2.10. The highest BCUT2D eigenvalue weighted by atomic mass is 16.6. The number of nitrogens with zero attached hydrogens (tertiary/aromatic N) is 4. The second-order valence-corrected chi connectivity index (χ2v) is 7.01. The quantitative estimate of drug-likeness (QED) is 0.797. The molecule has 1 aliphatic heterocycles. The molecule has 1 fully saturated rings. The number of amides is 1. The standard InChI is InChI=1S/C17H24N4O2/c1-12-10-20(16(22)23-17(3,4)5)11-13(2)21(12)15-7-6-14(8-18)9-19-15/h6-7,9,12-13H,10-11H2,1-5H3/t12-,13?/m0/s1. The maximum absolute atomic E-state index is 12.3. The normalized spacial score (nSPS) is 21.7. The van der Waals surface area contributed by atoms with Gasteiger partial charge in [0.05, 0.1) is 5.56 Å². The minimum absolute atomic E-state index is 0.117. The lowest BCUT2D eigenvalue weighted by Crippen LogP contribution is -2.59. The van der Waals surface area contributed by atoms with E-state index in [1.54, 1.807) is 17.2 Å². The molecular formula is C17H24N4O2. The third-order valence-electron chi connectivity index (χ3n) is 3.71. The molecule has 0 spiro atoms. The summed E-state index contributed by atoms with van der Waals surface area (Å²) in [5.41, 5.74) is 0.0523. The van der Waals surface area contributed by atoms with E-state index in [9.17, 15) is 4.79 Å². The first-order valence-corrected chi connectivity index (χ1v) is 7.83. The minimum atomic E-state index is -0.491. The predicted octanol–water partition coefficient (Wildman–Crippen LogP) is 2.79. The van der Waals surface area contributed by atoms with Crippen LogP contribution in [-0.2, 0) is 4.74 Å². The van der Waals surface area contributed by atoms with E-state index in [2.05, 4.69) is 29.8 Å². The van der Waals surface area contributed by atoms with Crippen molar-refractivity contribution in [3.8, 4) is 6.07 Å². The van der Waals surface area contributed by atoms with Crippen molar-refractivity contribution in [3.63, 3.8) is 0 Å². The lowest BCUT2D eigenvalue weighted by Gasteiger charge is -2.45. The zero-order chi connectivity index (χ0) is 17.2. The molecule has 1 amide bonds. The smallest absolute Gasteiger partial charge is 0.410 e. The average Bonchev–Trinajstić information content (AvgIpc) is 2.45. The van der Waals surface area contributed by atoms with Gasteiger partial charge in [0.25, 0.3) is 0 Å². The molecular weight excluding hydrogens is 292 g/mol.